The van der Waals surface area contributed by atoms with E-state index in [9.17, 15) is 9.59 Å². The summed E-state index contributed by atoms with van der Waals surface area (Å²) in [6.07, 6.45) is 7.71. The Bertz CT molecular complexity index is 2050. The first-order valence-corrected chi connectivity index (χ1v) is 20.0. The zero-order valence-corrected chi connectivity index (χ0v) is 33.5. The van der Waals surface area contributed by atoms with Crippen LogP contribution in [0.25, 0.3) is 5.69 Å². The van der Waals surface area contributed by atoms with Crippen LogP contribution in [0.4, 0.5) is 0 Å². The van der Waals surface area contributed by atoms with Crippen LogP contribution in [-0.2, 0) is 24.6 Å². The number of nitrogens with zero attached hydrogens (tertiary/aromatic N) is 3. The monoisotopic (exact) mass is 729 g/mol. The van der Waals surface area contributed by atoms with Crippen molar-refractivity contribution in [1.29, 1.82) is 0 Å². The van der Waals surface area contributed by atoms with Crippen molar-refractivity contribution in [2.45, 2.75) is 138 Å². The van der Waals surface area contributed by atoms with Gasteiger partial charge in [-0.2, -0.15) is 0 Å². The highest BCUT2D eigenvalue weighted by atomic mass is 16.5. The molecule has 0 bridgehead atoms. The molecular formula is C43H59N3O7. The number of allylic oxidation sites excluding steroid dienone is 1. The van der Waals surface area contributed by atoms with Crippen LogP contribution in [0.5, 0.6) is 5.75 Å². The predicted molar refractivity (Wildman–Crippen MR) is 201 cm³/mol. The van der Waals surface area contributed by atoms with Gasteiger partial charge in [0.25, 0.3) is 0 Å². The summed E-state index contributed by atoms with van der Waals surface area (Å²) in [5.41, 5.74) is 0.665. The Kier molecular flexibility index (Phi) is 7.89. The second kappa shape index (κ2) is 11.5. The number of methoxy groups -OCH3 is 1. The van der Waals surface area contributed by atoms with Gasteiger partial charge in [0.2, 0.25) is 0 Å². The highest BCUT2D eigenvalue weighted by molar-refractivity contribution is 5.66. The summed E-state index contributed by atoms with van der Waals surface area (Å²) in [5.74, 6) is 0.622. The maximum absolute atomic E-state index is 15.2. The fraction of sp³-hybridized carbons (Fsp3) is 0.721. The van der Waals surface area contributed by atoms with Gasteiger partial charge in [-0.25, -0.2) is 23.5 Å². The fourth-order valence-corrected chi connectivity index (χ4v) is 14.2. The number of aromatic nitrogens is 3. The molecule has 1 aromatic heterocycles. The molecule has 1 aliphatic heterocycles. The topological polar surface area (TPSA) is 111 Å². The number of esters is 2. The molecule has 0 unspecified atom stereocenters. The lowest BCUT2D eigenvalue weighted by atomic mass is 9.33. The summed E-state index contributed by atoms with van der Waals surface area (Å²) in [5, 5.41) is 0. The lowest BCUT2D eigenvalue weighted by Crippen LogP contribution is -2.67. The van der Waals surface area contributed by atoms with Gasteiger partial charge in [-0.15, -0.1) is 0 Å². The molecule has 8 rings (SSSR count). The molecule has 0 saturated heterocycles. The van der Waals surface area contributed by atoms with Crippen LogP contribution in [-0.4, -0.2) is 45.7 Å². The number of rotatable bonds is 6. The Labute approximate surface area is 313 Å². The van der Waals surface area contributed by atoms with E-state index in [1.165, 1.54) is 29.6 Å². The Morgan fingerprint density at radius 1 is 0.887 bits per heavy atom. The first-order valence-electron chi connectivity index (χ1n) is 20.0. The van der Waals surface area contributed by atoms with Crippen molar-refractivity contribution in [3.63, 3.8) is 0 Å². The van der Waals surface area contributed by atoms with Crippen LogP contribution in [0, 0.1) is 44.8 Å². The molecule has 4 fully saturated rings. The lowest BCUT2D eigenvalue weighted by Gasteiger charge is -2.72. The number of ether oxygens (including phenoxy) is 3. The van der Waals surface area contributed by atoms with Crippen LogP contribution < -0.4 is 16.1 Å². The Morgan fingerprint density at radius 3 is 2.26 bits per heavy atom. The van der Waals surface area contributed by atoms with Crippen LogP contribution in [0.2, 0.25) is 0 Å². The summed E-state index contributed by atoms with van der Waals surface area (Å²) in [6, 6.07) is 6.90. The molecule has 9 atom stereocenters. The molecule has 10 nitrogen and oxygen atoms in total. The molecule has 0 amide bonds. The van der Waals surface area contributed by atoms with Crippen LogP contribution >= 0.6 is 0 Å². The van der Waals surface area contributed by atoms with Gasteiger partial charge >= 0.3 is 23.3 Å². The van der Waals surface area contributed by atoms with Crippen LogP contribution in [0.15, 0.2) is 45.0 Å². The molecule has 0 spiro atoms. The fourth-order valence-electron chi connectivity index (χ4n) is 14.2. The van der Waals surface area contributed by atoms with Gasteiger partial charge in [0.15, 0.2) is 0 Å². The largest absolute Gasteiger partial charge is 0.497 e. The van der Waals surface area contributed by atoms with Gasteiger partial charge < -0.3 is 14.2 Å². The summed E-state index contributed by atoms with van der Waals surface area (Å²) in [7, 11) is 1.59. The van der Waals surface area contributed by atoms with Crippen LogP contribution in [0.3, 0.4) is 0 Å². The molecule has 0 radical (unpaired) electrons. The predicted octanol–water partition coefficient (Wildman–Crippen LogP) is 7.35. The molecule has 53 heavy (non-hydrogen) atoms. The van der Waals surface area contributed by atoms with Gasteiger partial charge in [0.05, 0.1) is 24.4 Å². The number of carbonyl (C=O) groups is 2. The maximum atomic E-state index is 15.2. The average molecular weight is 730 g/mol. The first-order chi connectivity index (χ1) is 24.8. The Balaban J connectivity index is 1.40. The quantitative estimate of drug-likeness (QED) is 0.226. The van der Waals surface area contributed by atoms with E-state index in [-0.39, 0.29) is 69.0 Å². The van der Waals surface area contributed by atoms with Gasteiger partial charge in [0.1, 0.15) is 18.5 Å². The highest BCUT2D eigenvalue weighted by Crippen LogP contribution is 2.79. The SMILES string of the molecule is COc1cccc(-n2c(=O)n3n(c2=O)[C@]2(C(C)C)CC[C@]4(COC(C)=O)CC[C@]5(C)C(=C42)[C@@H]3C[C@@H]2[C@@]3(C)CC[C@H](OC(C)=O)C(C)(C)[C@@H]3CC[C@]25C)c1. The van der Waals surface area contributed by atoms with Crippen molar-refractivity contribution < 1.29 is 23.8 Å². The third kappa shape index (κ3) is 4.44. The standard InChI is InChI=1S/C43H59N3O7/c1-25(2)43-21-20-42(24-52-26(3)47)19-18-41(9)34(35(42)43)30(45-36(49)44(37(50)46(43)45)28-12-11-13-29(22-28)51-10)23-32-39(7)16-15-33(53-27(4)48)38(5,6)31(39)14-17-40(32,41)8/h11-13,22,25,30-33H,14-21,23-24H2,1-10H3/t30-,31-,32+,33-,39-,40+,41+,42-,43-/m0/s1. The summed E-state index contributed by atoms with van der Waals surface area (Å²) in [6.45, 7) is 19.7. The summed E-state index contributed by atoms with van der Waals surface area (Å²) >= 11 is 0. The maximum Gasteiger partial charge on any atom is 0.352 e. The second-order valence-corrected chi connectivity index (χ2v) is 19.3. The third-order valence-corrected chi connectivity index (χ3v) is 16.7. The van der Waals surface area contributed by atoms with E-state index >= 15 is 9.59 Å². The molecule has 2 heterocycles. The number of carbonyl (C=O) groups excluding carboxylic acids is 2. The molecule has 5 aliphatic carbocycles. The Morgan fingerprint density at radius 2 is 1.60 bits per heavy atom. The molecule has 6 aliphatic rings. The van der Waals surface area contributed by atoms with Gasteiger partial charge in [-0.3, -0.25) is 9.59 Å². The van der Waals surface area contributed by atoms with Crippen molar-refractivity contribution >= 4 is 11.9 Å². The zero-order chi connectivity index (χ0) is 38.3. The minimum atomic E-state index is -0.748. The van der Waals surface area contributed by atoms with Gasteiger partial charge in [-0.05, 0) is 115 Å². The van der Waals surface area contributed by atoms with Crippen LogP contribution in [0.1, 0.15) is 126 Å². The van der Waals surface area contributed by atoms with Crippen molar-refractivity contribution in [1.82, 2.24) is 13.9 Å². The molecule has 4 saturated carbocycles. The van der Waals surface area contributed by atoms with Crippen molar-refractivity contribution in [3.8, 4) is 11.4 Å². The van der Waals surface area contributed by atoms with E-state index in [2.05, 4.69) is 48.5 Å². The average Bonchev–Trinajstić information content (AvgIpc) is 3.58. The van der Waals surface area contributed by atoms with Gasteiger partial charge in [0, 0.05) is 30.7 Å². The highest BCUT2D eigenvalue weighted by Gasteiger charge is 2.73. The van der Waals surface area contributed by atoms with E-state index < -0.39 is 11.0 Å². The number of hydrogen-bond acceptors (Lipinski definition) is 7. The van der Waals surface area contributed by atoms with E-state index in [4.69, 9.17) is 14.2 Å². The zero-order valence-electron chi connectivity index (χ0n) is 33.5. The molecule has 10 heteroatoms. The molecule has 288 valence electrons. The minimum absolute atomic E-state index is 0.00634. The number of benzene rings is 1. The summed E-state index contributed by atoms with van der Waals surface area (Å²) in [4.78, 5) is 55.1. The smallest absolute Gasteiger partial charge is 0.352 e. The van der Waals surface area contributed by atoms with E-state index in [1.807, 2.05) is 27.6 Å². The molecule has 2 aromatic rings. The van der Waals surface area contributed by atoms with Crippen molar-refractivity contribution in [3.05, 3.63) is 56.4 Å². The molecule has 0 N–H and O–H groups in total. The normalized spacial score (nSPS) is 39.1. The lowest BCUT2D eigenvalue weighted by molar-refractivity contribution is -0.218. The molecule has 1 aromatic carbocycles. The van der Waals surface area contributed by atoms with E-state index in [0.717, 1.165) is 51.4 Å². The van der Waals surface area contributed by atoms with E-state index in [1.54, 1.807) is 13.2 Å². The second-order valence-electron chi connectivity index (χ2n) is 19.3. The molecular weight excluding hydrogens is 670 g/mol. The number of fused-ring (bicyclic) bond motifs is 7. The minimum Gasteiger partial charge on any atom is -0.497 e. The number of hydrogen-bond donors (Lipinski definition) is 0. The van der Waals surface area contributed by atoms with Crippen molar-refractivity contribution in [2.24, 2.45) is 44.8 Å². The van der Waals surface area contributed by atoms with Gasteiger partial charge in [-0.1, -0.05) is 54.5 Å². The summed E-state index contributed by atoms with van der Waals surface area (Å²) < 4.78 is 22.6. The third-order valence-electron chi connectivity index (χ3n) is 16.7. The Hall–Kier alpha value is -3.56. The van der Waals surface area contributed by atoms with E-state index in [0.29, 0.717) is 30.4 Å². The first kappa shape index (κ1) is 36.4. The van der Waals surface area contributed by atoms with Crippen molar-refractivity contribution in [2.75, 3.05) is 13.7 Å².